The van der Waals surface area contributed by atoms with Gasteiger partial charge in [-0.05, 0) is 11.4 Å². The minimum atomic E-state index is 0.631. The molecule has 0 bridgehead atoms. The van der Waals surface area contributed by atoms with Gasteiger partial charge < -0.3 is 4.52 Å². The van der Waals surface area contributed by atoms with Gasteiger partial charge in [0.25, 0.3) is 0 Å². The number of rotatable bonds is 4. The van der Waals surface area contributed by atoms with Gasteiger partial charge in [-0.2, -0.15) is 4.98 Å². The van der Waals surface area contributed by atoms with E-state index in [0.29, 0.717) is 18.3 Å². The molecular weight excluding hydrogens is 358 g/mol. The van der Waals surface area contributed by atoms with Crippen molar-refractivity contribution in [1.82, 2.24) is 25.0 Å². The smallest absolute Gasteiger partial charge is 0.241 e. The van der Waals surface area contributed by atoms with E-state index < -0.39 is 0 Å². The molecule has 0 radical (unpaired) electrons. The molecular formula is C20H17N5OS. The molecule has 7 heteroatoms. The van der Waals surface area contributed by atoms with E-state index in [4.69, 9.17) is 9.51 Å². The zero-order valence-electron chi connectivity index (χ0n) is 14.6. The van der Waals surface area contributed by atoms with Gasteiger partial charge in [0.1, 0.15) is 0 Å². The summed E-state index contributed by atoms with van der Waals surface area (Å²) in [5.41, 5.74) is 3.27. The molecule has 4 aromatic rings. The van der Waals surface area contributed by atoms with Crippen LogP contribution in [0.2, 0.25) is 0 Å². The van der Waals surface area contributed by atoms with Crippen molar-refractivity contribution in [2.45, 2.75) is 19.5 Å². The van der Waals surface area contributed by atoms with Gasteiger partial charge in [-0.25, -0.2) is 9.97 Å². The molecule has 1 aromatic carbocycles. The van der Waals surface area contributed by atoms with Crippen LogP contribution in [0.1, 0.15) is 17.1 Å². The summed E-state index contributed by atoms with van der Waals surface area (Å²) in [6.45, 7) is 2.34. The van der Waals surface area contributed by atoms with Crippen molar-refractivity contribution < 1.29 is 4.52 Å². The number of aromatic nitrogens is 4. The average Bonchev–Trinajstić information content (AvgIpc) is 3.41. The Morgan fingerprint density at radius 2 is 1.96 bits per heavy atom. The van der Waals surface area contributed by atoms with Crippen molar-refractivity contribution in [3.05, 3.63) is 71.2 Å². The van der Waals surface area contributed by atoms with Crippen LogP contribution >= 0.6 is 11.3 Å². The Bertz CT molecular complexity index is 1050. The maximum absolute atomic E-state index is 5.45. The fourth-order valence-electron chi connectivity index (χ4n) is 3.25. The first-order valence-corrected chi connectivity index (χ1v) is 9.72. The predicted molar refractivity (Wildman–Crippen MR) is 103 cm³/mol. The summed E-state index contributed by atoms with van der Waals surface area (Å²) in [7, 11) is 0. The lowest BCUT2D eigenvalue weighted by molar-refractivity contribution is 0.209. The number of benzene rings is 1. The van der Waals surface area contributed by atoms with Crippen LogP contribution in [0, 0.1) is 0 Å². The Morgan fingerprint density at radius 1 is 1.04 bits per heavy atom. The first kappa shape index (κ1) is 16.3. The van der Waals surface area contributed by atoms with E-state index in [9.17, 15) is 0 Å². The molecule has 0 aliphatic carbocycles. The van der Waals surface area contributed by atoms with Crippen LogP contribution in [0.15, 0.2) is 58.6 Å². The number of hydrogen-bond donors (Lipinski definition) is 0. The van der Waals surface area contributed by atoms with Crippen LogP contribution in [-0.4, -0.2) is 31.6 Å². The van der Waals surface area contributed by atoms with Crippen molar-refractivity contribution in [1.29, 1.82) is 0 Å². The van der Waals surface area contributed by atoms with E-state index >= 15 is 0 Å². The fraction of sp³-hybridized carbons (Fsp3) is 0.200. The van der Waals surface area contributed by atoms with E-state index in [-0.39, 0.29) is 0 Å². The first-order chi connectivity index (χ1) is 13.3. The fourth-order valence-corrected chi connectivity index (χ4v) is 3.91. The van der Waals surface area contributed by atoms with Crippen molar-refractivity contribution in [3.8, 4) is 22.1 Å². The van der Waals surface area contributed by atoms with Gasteiger partial charge in [-0.1, -0.05) is 41.6 Å². The van der Waals surface area contributed by atoms with Crippen molar-refractivity contribution in [2.75, 3.05) is 6.54 Å². The summed E-state index contributed by atoms with van der Waals surface area (Å²) in [5, 5.41) is 6.15. The molecule has 0 unspecified atom stereocenters. The number of fused-ring (bicyclic) bond motifs is 1. The minimum absolute atomic E-state index is 0.631. The molecule has 1 aliphatic heterocycles. The van der Waals surface area contributed by atoms with Gasteiger partial charge in [0, 0.05) is 36.8 Å². The molecule has 0 saturated heterocycles. The van der Waals surface area contributed by atoms with Crippen LogP contribution in [-0.2, 0) is 19.5 Å². The number of nitrogens with zero attached hydrogens (tertiary/aromatic N) is 5. The zero-order chi connectivity index (χ0) is 18.1. The molecule has 27 heavy (non-hydrogen) atoms. The normalized spacial score (nSPS) is 14.2. The van der Waals surface area contributed by atoms with E-state index in [0.717, 1.165) is 41.5 Å². The SMILES string of the molecule is c1ccc(-c2noc(CN3CCc4nc(-c5cccs5)ncc4C3)n2)cc1. The highest BCUT2D eigenvalue weighted by atomic mass is 32.1. The Labute approximate surface area is 160 Å². The van der Waals surface area contributed by atoms with Crippen LogP contribution in [0.4, 0.5) is 0 Å². The van der Waals surface area contributed by atoms with Gasteiger partial charge in [0.2, 0.25) is 11.7 Å². The minimum Gasteiger partial charge on any atom is -0.338 e. The highest BCUT2D eigenvalue weighted by Crippen LogP contribution is 2.25. The molecule has 0 spiro atoms. The Kier molecular flexibility index (Phi) is 4.23. The van der Waals surface area contributed by atoms with Gasteiger partial charge in [0.15, 0.2) is 5.82 Å². The summed E-state index contributed by atoms with van der Waals surface area (Å²) in [4.78, 5) is 17.2. The second-order valence-corrected chi connectivity index (χ2v) is 7.43. The quantitative estimate of drug-likeness (QED) is 0.540. The van der Waals surface area contributed by atoms with E-state index in [1.165, 1.54) is 5.56 Å². The molecule has 3 aromatic heterocycles. The molecule has 0 saturated carbocycles. The zero-order valence-corrected chi connectivity index (χ0v) is 15.4. The summed E-state index contributed by atoms with van der Waals surface area (Å²) in [5.74, 6) is 2.09. The maximum Gasteiger partial charge on any atom is 0.241 e. The largest absolute Gasteiger partial charge is 0.338 e. The molecule has 1 aliphatic rings. The second-order valence-electron chi connectivity index (χ2n) is 6.48. The van der Waals surface area contributed by atoms with E-state index in [2.05, 4.69) is 26.1 Å². The second kappa shape index (κ2) is 7.02. The molecule has 0 fully saturated rings. The van der Waals surface area contributed by atoms with Crippen LogP contribution in [0.25, 0.3) is 22.1 Å². The third-order valence-corrected chi connectivity index (χ3v) is 5.48. The van der Waals surface area contributed by atoms with Gasteiger partial charge in [0.05, 0.1) is 17.1 Å². The molecule has 5 rings (SSSR count). The lowest BCUT2D eigenvalue weighted by atomic mass is 10.1. The Morgan fingerprint density at radius 3 is 2.81 bits per heavy atom. The topological polar surface area (TPSA) is 67.9 Å². The summed E-state index contributed by atoms with van der Waals surface area (Å²) < 4.78 is 5.45. The average molecular weight is 375 g/mol. The van der Waals surface area contributed by atoms with Crippen molar-refractivity contribution in [2.24, 2.45) is 0 Å². The van der Waals surface area contributed by atoms with E-state index in [1.807, 2.05) is 48.0 Å². The first-order valence-electron chi connectivity index (χ1n) is 8.84. The van der Waals surface area contributed by atoms with Crippen molar-refractivity contribution >= 4 is 11.3 Å². The maximum atomic E-state index is 5.45. The van der Waals surface area contributed by atoms with E-state index in [1.54, 1.807) is 11.3 Å². The number of hydrogen-bond acceptors (Lipinski definition) is 7. The third-order valence-electron chi connectivity index (χ3n) is 4.61. The van der Waals surface area contributed by atoms with Crippen LogP contribution in [0.3, 0.4) is 0 Å². The highest BCUT2D eigenvalue weighted by molar-refractivity contribution is 7.13. The van der Waals surface area contributed by atoms with Crippen LogP contribution in [0.5, 0.6) is 0 Å². The lowest BCUT2D eigenvalue weighted by Gasteiger charge is -2.26. The predicted octanol–water partition coefficient (Wildman–Crippen LogP) is 3.81. The molecule has 0 amide bonds. The standard InChI is InChI=1S/C20H17N5OS/c1-2-5-14(6-3-1)19-23-18(26-24-19)13-25-9-8-16-15(12-25)11-21-20(22-16)17-7-4-10-27-17/h1-7,10-11H,8-9,12-13H2. The Balaban J connectivity index is 1.30. The monoisotopic (exact) mass is 375 g/mol. The summed E-state index contributed by atoms with van der Waals surface area (Å²) in [6.07, 6.45) is 2.85. The summed E-state index contributed by atoms with van der Waals surface area (Å²) >= 11 is 1.67. The third kappa shape index (κ3) is 3.39. The van der Waals surface area contributed by atoms with Gasteiger partial charge >= 0.3 is 0 Å². The molecule has 4 heterocycles. The summed E-state index contributed by atoms with van der Waals surface area (Å²) in [6, 6.07) is 14.0. The lowest BCUT2D eigenvalue weighted by Crippen LogP contribution is -2.31. The molecule has 6 nitrogen and oxygen atoms in total. The molecule has 0 atom stereocenters. The van der Waals surface area contributed by atoms with Gasteiger partial charge in [-0.15, -0.1) is 11.3 Å². The number of thiophene rings is 1. The highest BCUT2D eigenvalue weighted by Gasteiger charge is 2.21. The van der Waals surface area contributed by atoms with Crippen LogP contribution < -0.4 is 0 Å². The Hall–Kier alpha value is -2.90. The molecule has 0 N–H and O–H groups in total. The van der Waals surface area contributed by atoms with Crippen molar-refractivity contribution in [3.63, 3.8) is 0 Å². The molecule has 134 valence electrons. The van der Waals surface area contributed by atoms with Gasteiger partial charge in [-0.3, -0.25) is 4.90 Å².